The number of thioether (sulfide) groups is 1. The number of ether oxygens (including phenoxy) is 1. The average Bonchev–Trinajstić information content (AvgIpc) is 3.24. The number of aliphatic hydroxyl groups is 1. The van der Waals surface area contributed by atoms with Crippen molar-refractivity contribution in [3.05, 3.63) is 51.2 Å². The molecule has 0 spiro atoms. The van der Waals surface area contributed by atoms with Crippen molar-refractivity contribution in [3.8, 4) is 5.75 Å². The summed E-state index contributed by atoms with van der Waals surface area (Å²) in [4.78, 5) is 31.7. The first-order chi connectivity index (χ1) is 17.5. The van der Waals surface area contributed by atoms with Crippen LogP contribution in [0.25, 0.3) is 11.2 Å². The maximum Gasteiger partial charge on any atom is 0.329 e. The van der Waals surface area contributed by atoms with Gasteiger partial charge in [-0.15, -0.1) is 0 Å². The monoisotopic (exact) mass is 516 g/mol. The van der Waals surface area contributed by atoms with E-state index in [0.29, 0.717) is 22.1 Å². The average molecular weight is 517 g/mol. The van der Waals surface area contributed by atoms with Gasteiger partial charge in [-0.25, -0.2) is 9.78 Å². The number of nitrogens with one attached hydrogen (secondary N) is 1. The number of imidazole rings is 1. The number of para-hydroxylation sites is 1. The number of aromatic nitrogens is 4. The van der Waals surface area contributed by atoms with E-state index in [4.69, 9.17) is 4.74 Å². The zero-order valence-electron chi connectivity index (χ0n) is 21.6. The summed E-state index contributed by atoms with van der Waals surface area (Å²) in [5.74, 6) is 1.53. The lowest BCUT2D eigenvalue weighted by Crippen LogP contribution is -2.30. The number of hydrogen-bond acceptors (Lipinski definition) is 6. The van der Waals surface area contributed by atoms with E-state index in [0.717, 1.165) is 18.6 Å². The van der Waals surface area contributed by atoms with E-state index in [2.05, 4.69) is 16.9 Å². The number of aryl methyl sites for hydroxylation is 1. The summed E-state index contributed by atoms with van der Waals surface area (Å²) in [5, 5.41) is 11.3. The van der Waals surface area contributed by atoms with Crippen molar-refractivity contribution in [1.82, 2.24) is 19.1 Å². The second-order valence-corrected chi connectivity index (χ2v) is 10.4. The molecule has 1 atom stereocenters. The topological polar surface area (TPSA) is 102 Å². The predicted molar refractivity (Wildman–Crippen MR) is 146 cm³/mol. The molecule has 1 aromatic carbocycles. The number of aromatic amines is 1. The molecule has 36 heavy (non-hydrogen) atoms. The Labute approximate surface area is 217 Å². The third kappa shape index (κ3) is 8.27. The zero-order valence-corrected chi connectivity index (χ0v) is 22.4. The number of rotatable bonds is 17. The molecular formula is C27H40N4O4S. The largest absolute Gasteiger partial charge is 0.491 e. The van der Waals surface area contributed by atoms with Gasteiger partial charge in [0.2, 0.25) is 0 Å². The van der Waals surface area contributed by atoms with E-state index < -0.39 is 17.4 Å². The van der Waals surface area contributed by atoms with Crippen molar-refractivity contribution >= 4 is 22.9 Å². The third-order valence-electron chi connectivity index (χ3n) is 6.28. The Morgan fingerprint density at radius 3 is 2.31 bits per heavy atom. The molecule has 9 heteroatoms. The Kier molecular flexibility index (Phi) is 11.6. The molecule has 3 rings (SSSR count). The van der Waals surface area contributed by atoms with Gasteiger partial charge in [-0.2, -0.15) is 0 Å². The Hall–Kier alpha value is -2.52. The molecule has 0 aliphatic heterocycles. The van der Waals surface area contributed by atoms with Crippen LogP contribution in [0.3, 0.4) is 0 Å². The minimum atomic E-state index is -0.851. The van der Waals surface area contributed by atoms with Crippen LogP contribution in [0.1, 0.15) is 71.1 Å². The van der Waals surface area contributed by atoms with Crippen molar-refractivity contribution in [2.75, 3.05) is 12.4 Å². The fourth-order valence-corrected chi connectivity index (χ4v) is 5.22. The molecule has 0 saturated heterocycles. The molecule has 8 nitrogen and oxygen atoms in total. The Bertz CT molecular complexity index is 1170. The molecule has 0 saturated carbocycles. The van der Waals surface area contributed by atoms with Crippen molar-refractivity contribution < 1.29 is 9.84 Å². The molecule has 2 N–H and O–H groups in total. The third-order valence-corrected chi connectivity index (χ3v) is 7.34. The fourth-order valence-electron chi connectivity index (χ4n) is 4.22. The van der Waals surface area contributed by atoms with Gasteiger partial charge in [-0.1, -0.05) is 94.7 Å². The van der Waals surface area contributed by atoms with Gasteiger partial charge in [0.1, 0.15) is 18.5 Å². The first-order valence-corrected chi connectivity index (χ1v) is 14.2. The number of benzene rings is 1. The second-order valence-electron chi connectivity index (χ2n) is 9.30. The van der Waals surface area contributed by atoms with Crippen LogP contribution >= 0.6 is 11.8 Å². The van der Waals surface area contributed by atoms with Crippen LogP contribution in [-0.4, -0.2) is 42.7 Å². The highest BCUT2D eigenvalue weighted by Crippen LogP contribution is 2.24. The molecule has 2 aromatic heterocycles. The summed E-state index contributed by atoms with van der Waals surface area (Å²) in [6.07, 6.45) is 11.9. The minimum Gasteiger partial charge on any atom is -0.491 e. The Morgan fingerprint density at radius 2 is 1.64 bits per heavy atom. The number of nitrogens with zero attached hydrogens (tertiary/aromatic N) is 3. The quantitative estimate of drug-likeness (QED) is 0.196. The van der Waals surface area contributed by atoms with Crippen LogP contribution in [0.2, 0.25) is 0 Å². The molecular weight excluding hydrogens is 476 g/mol. The summed E-state index contributed by atoms with van der Waals surface area (Å²) >= 11 is 1.56. The van der Waals surface area contributed by atoms with Crippen LogP contribution in [0, 0.1) is 0 Å². The number of fused-ring (bicyclic) bond motifs is 1. The summed E-state index contributed by atoms with van der Waals surface area (Å²) < 4.78 is 8.74. The molecule has 0 radical (unpaired) electrons. The van der Waals surface area contributed by atoms with Crippen molar-refractivity contribution in [3.63, 3.8) is 0 Å². The van der Waals surface area contributed by atoms with E-state index in [-0.39, 0.29) is 13.2 Å². The lowest BCUT2D eigenvalue weighted by atomic mass is 10.1. The molecule has 3 aromatic rings. The summed E-state index contributed by atoms with van der Waals surface area (Å²) in [7, 11) is 1.59. The van der Waals surface area contributed by atoms with E-state index in [9.17, 15) is 14.7 Å². The van der Waals surface area contributed by atoms with Crippen LogP contribution in [-0.2, 0) is 13.6 Å². The molecule has 0 bridgehead atoms. The van der Waals surface area contributed by atoms with Crippen molar-refractivity contribution in [2.45, 2.75) is 88.9 Å². The highest BCUT2D eigenvalue weighted by atomic mass is 32.2. The molecule has 0 fully saturated rings. The van der Waals surface area contributed by atoms with E-state index in [1.165, 1.54) is 55.9 Å². The standard InChI is InChI=1S/C27H40N4O4S/c1-3-4-5-6-7-8-9-10-11-15-18-36-27-28-24-23(25(33)29-26(34)30(24)2)31(27)19-21(32)20-35-22-16-13-12-14-17-22/h12-14,16-17,21,32H,3-11,15,18-20H2,1-2H3,(H,29,33,34)/t21-/m1/s1. The Balaban J connectivity index is 1.57. The van der Waals surface area contributed by atoms with Gasteiger partial charge >= 0.3 is 5.69 Å². The van der Waals surface area contributed by atoms with E-state index in [1.807, 2.05) is 30.3 Å². The smallest absolute Gasteiger partial charge is 0.329 e. The van der Waals surface area contributed by atoms with Gasteiger partial charge in [-0.3, -0.25) is 14.3 Å². The molecule has 0 aliphatic rings. The van der Waals surface area contributed by atoms with Gasteiger partial charge in [0.05, 0.1) is 6.54 Å². The van der Waals surface area contributed by atoms with Gasteiger partial charge in [0.25, 0.3) is 5.56 Å². The normalized spacial score (nSPS) is 12.3. The van der Waals surface area contributed by atoms with E-state index >= 15 is 0 Å². The first kappa shape index (κ1) is 28.1. The van der Waals surface area contributed by atoms with E-state index in [1.54, 1.807) is 23.4 Å². The minimum absolute atomic E-state index is 0.0793. The lowest BCUT2D eigenvalue weighted by Gasteiger charge is -2.15. The SMILES string of the molecule is CCCCCCCCCCCCSc1nc2c(c(=O)[nH]c(=O)n2C)n1C[C@@H](O)COc1ccccc1. The number of H-pyrrole nitrogens is 1. The second kappa shape index (κ2) is 14.9. The molecule has 0 unspecified atom stereocenters. The van der Waals surface area contributed by atoms with Crippen molar-refractivity contribution in [1.29, 1.82) is 0 Å². The Morgan fingerprint density at radius 1 is 1.00 bits per heavy atom. The molecule has 198 valence electrons. The van der Waals surface area contributed by atoms with Gasteiger partial charge in [0.15, 0.2) is 16.3 Å². The van der Waals surface area contributed by atoms with Crippen molar-refractivity contribution in [2.24, 2.45) is 7.05 Å². The van der Waals surface area contributed by atoms with Gasteiger partial charge in [-0.05, 0) is 18.6 Å². The van der Waals surface area contributed by atoms with Crippen LogP contribution in [0.4, 0.5) is 0 Å². The molecule has 2 heterocycles. The number of aliphatic hydroxyl groups excluding tert-OH is 1. The van der Waals surface area contributed by atoms with Crippen LogP contribution < -0.4 is 16.0 Å². The number of hydrogen-bond donors (Lipinski definition) is 2. The molecule has 0 amide bonds. The summed E-state index contributed by atoms with van der Waals surface area (Å²) in [5.41, 5.74) is -0.383. The van der Waals surface area contributed by atoms with Gasteiger partial charge in [0, 0.05) is 12.8 Å². The van der Waals surface area contributed by atoms with Crippen LogP contribution in [0.5, 0.6) is 5.75 Å². The lowest BCUT2D eigenvalue weighted by molar-refractivity contribution is 0.0914. The summed E-state index contributed by atoms with van der Waals surface area (Å²) in [6.45, 7) is 2.47. The van der Waals surface area contributed by atoms with Crippen LogP contribution in [0.15, 0.2) is 45.1 Å². The fraction of sp³-hybridized carbons (Fsp3) is 0.593. The maximum atomic E-state index is 12.7. The highest BCUT2D eigenvalue weighted by Gasteiger charge is 2.20. The zero-order chi connectivity index (χ0) is 25.8. The maximum absolute atomic E-state index is 12.7. The highest BCUT2D eigenvalue weighted by molar-refractivity contribution is 7.99. The number of unbranched alkanes of at least 4 members (excludes halogenated alkanes) is 9. The van der Waals surface area contributed by atoms with Gasteiger partial charge < -0.3 is 14.4 Å². The first-order valence-electron chi connectivity index (χ1n) is 13.2. The predicted octanol–water partition coefficient (Wildman–Crippen LogP) is 4.88. The molecule has 0 aliphatic carbocycles. The summed E-state index contributed by atoms with van der Waals surface area (Å²) in [6, 6.07) is 9.29.